The molecule has 0 aliphatic heterocycles. The summed E-state index contributed by atoms with van der Waals surface area (Å²) < 4.78 is 5.77. The van der Waals surface area contributed by atoms with Crippen molar-refractivity contribution < 1.29 is 9.53 Å². The number of carbonyl (C=O) groups is 1. The van der Waals surface area contributed by atoms with Crippen LogP contribution in [0.4, 0.5) is 0 Å². The number of hydrogen-bond acceptors (Lipinski definition) is 4. The van der Waals surface area contributed by atoms with Gasteiger partial charge in [0.15, 0.2) is 0 Å². The van der Waals surface area contributed by atoms with Gasteiger partial charge >= 0.3 is 5.97 Å². The number of rotatable bonds is 31. The summed E-state index contributed by atoms with van der Waals surface area (Å²) in [5.74, 6) is 0.0247. The molecule has 0 rings (SSSR count). The van der Waals surface area contributed by atoms with Crippen molar-refractivity contribution in [2.45, 2.75) is 213 Å². The van der Waals surface area contributed by atoms with Crippen LogP contribution in [-0.2, 0) is 9.53 Å². The number of isothiocyanates is 1. The molecular weight excluding hydrogens is 498 g/mol. The third-order valence-electron chi connectivity index (χ3n) is 8.10. The van der Waals surface area contributed by atoms with Crippen molar-refractivity contribution in [3.05, 3.63) is 0 Å². The summed E-state index contributed by atoms with van der Waals surface area (Å²) in [6.07, 6.45) is 34.9. The zero-order chi connectivity index (χ0) is 28.7. The van der Waals surface area contributed by atoms with Crippen LogP contribution in [0.25, 0.3) is 0 Å². The summed E-state index contributed by atoms with van der Waals surface area (Å²) in [4.78, 5) is 16.7. The Morgan fingerprint density at radius 1 is 0.564 bits per heavy atom. The molecule has 3 nitrogen and oxygen atoms in total. The van der Waals surface area contributed by atoms with E-state index in [4.69, 9.17) is 17.0 Å². The highest BCUT2D eigenvalue weighted by Crippen LogP contribution is 2.18. The first-order valence-corrected chi connectivity index (χ1v) is 17.8. The van der Waals surface area contributed by atoms with E-state index < -0.39 is 0 Å². The first-order valence-electron chi connectivity index (χ1n) is 17.4. The lowest BCUT2D eigenvalue weighted by Gasteiger charge is -2.17. The predicted octanol–water partition coefficient (Wildman–Crippen LogP) is 12.4. The van der Waals surface area contributed by atoms with Crippen LogP contribution >= 0.6 is 12.2 Å². The van der Waals surface area contributed by atoms with Gasteiger partial charge < -0.3 is 4.74 Å². The van der Waals surface area contributed by atoms with Crippen molar-refractivity contribution in [3.8, 4) is 0 Å². The van der Waals surface area contributed by atoms with E-state index in [0.717, 1.165) is 38.5 Å². The molecule has 0 saturated carbocycles. The first-order chi connectivity index (χ1) is 19.2. The maximum atomic E-state index is 12.2. The molecule has 0 aromatic carbocycles. The maximum absolute atomic E-state index is 12.2. The third-order valence-corrected chi connectivity index (χ3v) is 8.21. The number of aliphatic imine (C=N–C) groups is 1. The second-order valence-electron chi connectivity index (χ2n) is 12.0. The van der Waals surface area contributed by atoms with E-state index in [2.05, 4.69) is 30.9 Å². The fourth-order valence-electron chi connectivity index (χ4n) is 5.47. The second kappa shape index (κ2) is 31.8. The van der Waals surface area contributed by atoms with Crippen LogP contribution in [0, 0.1) is 0 Å². The van der Waals surface area contributed by atoms with Crippen LogP contribution in [0.1, 0.15) is 201 Å². The van der Waals surface area contributed by atoms with Crippen molar-refractivity contribution in [2.75, 3.05) is 0 Å². The molecule has 1 atom stereocenters. The van der Waals surface area contributed by atoms with Gasteiger partial charge in [-0.3, -0.25) is 4.79 Å². The zero-order valence-electron chi connectivity index (χ0n) is 26.6. The Morgan fingerprint density at radius 2 is 0.949 bits per heavy atom. The van der Waals surface area contributed by atoms with Gasteiger partial charge in [-0.1, -0.05) is 162 Å². The summed E-state index contributed by atoms with van der Waals surface area (Å²) in [7, 11) is 0. The minimum Gasteiger partial charge on any atom is -0.462 e. The average molecular weight is 566 g/mol. The minimum absolute atomic E-state index is 0.0247. The maximum Gasteiger partial charge on any atom is 0.306 e. The molecule has 0 aliphatic rings. The van der Waals surface area contributed by atoms with Crippen LogP contribution in [-0.4, -0.2) is 23.3 Å². The molecule has 0 amide bonds. The van der Waals surface area contributed by atoms with Gasteiger partial charge in [0.1, 0.15) is 6.10 Å². The highest BCUT2D eigenvalue weighted by molar-refractivity contribution is 7.78. The van der Waals surface area contributed by atoms with Crippen molar-refractivity contribution in [2.24, 2.45) is 4.99 Å². The number of hydrogen-bond donors (Lipinski definition) is 0. The summed E-state index contributed by atoms with van der Waals surface area (Å²) in [6.45, 7) is 6.69. The van der Waals surface area contributed by atoms with Gasteiger partial charge in [-0.25, -0.2) is 4.99 Å². The van der Waals surface area contributed by atoms with E-state index in [0.29, 0.717) is 12.5 Å². The van der Waals surface area contributed by atoms with E-state index in [9.17, 15) is 4.79 Å². The lowest BCUT2D eigenvalue weighted by atomic mass is 10.00. The molecule has 0 heterocycles. The molecule has 0 N–H and O–H groups in total. The number of thiocarbonyl (C=S) groups is 1. The fourth-order valence-corrected chi connectivity index (χ4v) is 5.62. The zero-order valence-corrected chi connectivity index (χ0v) is 27.4. The molecule has 4 heteroatoms. The molecule has 230 valence electrons. The number of carbonyl (C=O) groups excluding carboxylic acids is 1. The summed E-state index contributed by atoms with van der Waals surface area (Å²) in [5, 5.41) is 2.65. The molecule has 0 fully saturated rings. The number of ether oxygens (including phenoxy) is 1. The van der Waals surface area contributed by atoms with Gasteiger partial charge in [-0.2, -0.15) is 0 Å². The van der Waals surface area contributed by atoms with Gasteiger partial charge in [-0.05, 0) is 44.3 Å². The van der Waals surface area contributed by atoms with Gasteiger partial charge in [0.05, 0.1) is 11.2 Å². The normalized spacial score (nSPS) is 12.0. The van der Waals surface area contributed by atoms with Crippen LogP contribution in [0.2, 0.25) is 0 Å². The van der Waals surface area contributed by atoms with Crippen LogP contribution in [0.15, 0.2) is 4.99 Å². The quantitative estimate of drug-likeness (QED) is 0.0363. The lowest BCUT2D eigenvalue weighted by Crippen LogP contribution is -2.18. The summed E-state index contributed by atoms with van der Waals surface area (Å²) >= 11 is 4.91. The van der Waals surface area contributed by atoms with E-state index in [1.165, 1.54) is 135 Å². The Morgan fingerprint density at radius 3 is 1.36 bits per heavy atom. The van der Waals surface area contributed by atoms with Gasteiger partial charge in [0.25, 0.3) is 0 Å². The Hall–Kier alpha value is -0.730. The SMILES string of the molecule is CCCCCCCCCCCCC(CCCCCCCCCCCC(=O)OC(CCCC)CCCC)N=C=S. The minimum atomic E-state index is 0.0247. The van der Waals surface area contributed by atoms with Crippen LogP contribution in [0.5, 0.6) is 0 Å². The van der Waals surface area contributed by atoms with Crippen molar-refractivity contribution >= 4 is 23.3 Å². The van der Waals surface area contributed by atoms with Gasteiger partial charge in [-0.15, -0.1) is 0 Å². The van der Waals surface area contributed by atoms with E-state index >= 15 is 0 Å². The largest absolute Gasteiger partial charge is 0.462 e. The molecule has 39 heavy (non-hydrogen) atoms. The predicted molar refractivity (Wildman–Crippen MR) is 175 cm³/mol. The molecule has 0 radical (unpaired) electrons. The van der Waals surface area contributed by atoms with Gasteiger partial charge in [0, 0.05) is 6.42 Å². The lowest BCUT2D eigenvalue weighted by molar-refractivity contribution is -0.150. The third kappa shape index (κ3) is 28.6. The molecule has 0 bridgehead atoms. The fraction of sp³-hybridized carbons (Fsp3) is 0.943. The highest BCUT2D eigenvalue weighted by Gasteiger charge is 2.13. The van der Waals surface area contributed by atoms with E-state index in [1.54, 1.807) is 0 Å². The van der Waals surface area contributed by atoms with Crippen molar-refractivity contribution in [1.29, 1.82) is 0 Å². The Balaban J connectivity index is 3.62. The van der Waals surface area contributed by atoms with E-state index in [1.807, 2.05) is 0 Å². The summed E-state index contributed by atoms with van der Waals surface area (Å²) in [5.41, 5.74) is 0. The van der Waals surface area contributed by atoms with Crippen LogP contribution in [0.3, 0.4) is 0 Å². The molecule has 1 unspecified atom stereocenters. The number of unbranched alkanes of at least 4 members (excludes halogenated alkanes) is 19. The molecule has 0 aliphatic carbocycles. The smallest absolute Gasteiger partial charge is 0.306 e. The van der Waals surface area contributed by atoms with Crippen LogP contribution < -0.4 is 0 Å². The Bertz CT molecular complexity index is 553. The molecular formula is C35H67NO2S. The molecule has 0 saturated heterocycles. The number of esters is 1. The highest BCUT2D eigenvalue weighted by atomic mass is 32.1. The molecule has 0 aromatic rings. The average Bonchev–Trinajstić information content (AvgIpc) is 2.93. The second-order valence-corrected chi connectivity index (χ2v) is 12.1. The standard InChI is InChI=1S/C35H67NO2S/c1-4-7-10-11-12-13-15-18-21-24-27-33(36-32-39)28-25-22-19-16-14-17-20-23-26-31-35(37)38-34(29-8-5-2)30-9-6-3/h33-34H,4-31H2,1-3H3. The van der Waals surface area contributed by atoms with E-state index in [-0.39, 0.29) is 12.1 Å². The monoisotopic (exact) mass is 565 g/mol. The molecule has 0 spiro atoms. The number of nitrogens with zero attached hydrogens (tertiary/aromatic N) is 1. The van der Waals surface area contributed by atoms with Gasteiger partial charge in [0.2, 0.25) is 0 Å². The Kier molecular flexibility index (Phi) is 31.2. The first kappa shape index (κ1) is 38.3. The van der Waals surface area contributed by atoms with Crippen molar-refractivity contribution in [1.82, 2.24) is 0 Å². The Labute approximate surface area is 250 Å². The topological polar surface area (TPSA) is 38.7 Å². The van der Waals surface area contributed by atoms with Crippen molar-refractivity contribution in [3.63, 3.8) is 0 Å². The molecule has 0 aromatic heterocycles. The summed E-state index contributed by atoms with van der Waals surface area (Å²) in [6, 6.07) is 0.400.